The number of hydrogen-bond donors (Lipinski definition) is 2. The van der Waals surface area contributed by atoms with Gasteiger partial charge in [-0.1, -0.05) is 19.9 Å². The van der Waals surface area contributed by atoms with Gasteiger partial charge in [-0.15, -0.1) is 0 Å². The molecule has 0 aromatic heterocycles. The predicted octanol–water partition coefficient (Wildman–Crippen LogP) is 2.10. The van der Waals surface area contributed by atoms with Crippen LogP contribution in [0.15, 0.2) is 18.2 Å². The Labute approximate surface area is 119 Å². The number of carbonyl (C=O) groups excluding carboxylic acids is 2. The van der Waals surface area contributed by atoms with E-state index in [1.165, 1.54) is 0 Å². The third-order valence-electron chi connectivity index (χ3n) is 3.11. The molecule has 0 spiro atoms. The van der Waals surface area contributed by atoms with Gasteiger partial charge in [-0.3, -0.25) is 9.59 Å². The number of benzene rings is 1. The zero-order valence-corrected chi connectivity index (χ0v) is 12.4. The molecule has 0 saturated carbocycles. The largest absolute Gasteiger partial charge is 0.495 e. The van der Waals surface area contributed by atoms with Crippen molar-refractivity contribution in [3.05, 3.63) is 23.8 Å². The van der Waals surface area contributed by atoms with E-state index in [-0.39, 0.29) is 24.3 Å². The standard InChI is InChI=1S/C15H22N2O3/c1-5-11(3)15(19)16-9-14(18)17-12-8-10(2)6-7-13(12)20-4/h6-8,11H,5,9H2,1-4H3,(H,16,19)(H,17,18)/t11-/m1/s1. The molecule has 0 fully saturated rings. The van der Waals surface area contributed by atoms with Gasteiger partial charge in [0, 0.05) is 5.92 Å². The number of anilines is 1. The van der Waals surface area contributed by atoms with Gasteiger partial charge in [0.2, 0.25) is 11.8 Å². The third-order valence-corrected chi connectivity index (χ3v) is 3.11. The van der Waals surface area contributed by atoms with Crippen molar-refractivity contribution in [3.8, 4) is 5.75 Å². The predicted molar refractivity (Wildman–Crippen MR) is 78.8 cm³/mol. The number of rotatable bonds is 6. The molecule has 0 heterocycles. The van der Waals surface area contributed by atoms with Gasteiger partial charge < -0.3 is 15.4 Å². The van der Waals surface area contributed by atoms with Crippen molar-refractivity contribution >= 4 is 17.5 Å². The number of hydrogen-bond acceptors (Lipinski definition) is 3. The number of nitrogens with one attached hydrogen (secondary N) is 2. The van der Waals surface area contributed by atoms with E-state index in [0.717, 1.165) is 12.0 Å². The lowest BCUT2D eigenvalue weighted by atomic mass is 10.1. The molecule has 0 radical (unpaired) electrons. The Morgan fingerprint density at radius 1 is 1.35 bits per heavy atom. The quantitative estimate of drug-likeness (QED) is 0.837. The molecule has 1 aromatic rings. The van der Waals surface area contributed by atoms with E-state index < -0.39 is 0 Å². The molecule has 1 rings (SSSR count). The maximum Gasteiger partial charge on any atom is 0.243 e. The van der Waals surface area contributed by atoms with Crippen LogP contribution < -0.4 is 15.4 Å². The Balaban J connectivity index is 2.58. The second-order valence-electron chi connectivity index (χ2n) is 4.78. The van der Waals surface area contributed by atoms with Crippen molar-refractivity contribution in [1.29, 1.82) is 0 Å². The highest BCUT2D eigenvalue weighted by atomic mass is 16.5. The molecular weight excluding hydrogens is 256 g/mol. The first kappa shape index (κ1) is 16.0. The summed E-state index contributed by atoms with van der Waals surface area (Å²) < 4.78 is 5.18. The van der Waals surface area contributed by atoms with Gasteiger partial charge in [0.05, 0.1) is 19.3 Å². The third kappa shape index (κ3) is 4.57. The second kappa shape index (κ2) is 7.53. The zero-order valence-electron chi connectivity index (χ0n) is 12.4. The minimum atomic E-state index is -0.273. The van der Waals surface area contributed by atoms with Crippen LogP contribution in [0.25, 0.3) is 0 Å². The number of methoxy groups -OCH3 is 1. The zero-order chi connectivity index (χ0) is 15.1. The Bertz CT molecular complexity index is 486. The fraction of sp³-hybridized carbons (Fsp3) is 0.467. The van der Waals surface area contributed by atoms with E-state index in [1.807, 2.05) is 32.9 Å². The molecule has 5 nitrogen and oxygen atoms in total. The lowest BCUT2D eigenvalue weighted by Crippen LogP contribution is -2.35. The van der Waals surface area contributed by atoms with E-state index in [0.29, 0.717) is 11.4 Å². The molecule has 0 aliphatic heterocycles. The van der Waals surface area contributed by atoms with Gasteiger partial charge in [0.15, 0.2) is 0 Å². The first-order chi connectivity index (χ1) is 9.47. The average molecular weight is 278 g/mol. The summed E-state index contributed by atoms with van der Waals surface area (Å²) in [6, 6.07) is 5.52. The fourth-order valence-corrected chi connectivity index (χ4v) is 1.64. The highest BCUT2D eigenvalue weighted by Gasteiger charge is 2.12. The molecule has 5 heteroatoms. The maximum absolute atomic E-state index is 11.8. The molecular formula is C15H22N2O3. The van der Waals surface area contributed by atoms with Gasteiger partial charge in [-0.05, 0) is 31.0 Å². The summed E-state index contributed by atoms with van der Waals surface area (Å²) in [6.07, 6.45) is 0.749. The molecule has 2 N–H and O–H groups in total. The van der Waals surface area contributed by atoms with Gasteiger partial charge in [-0.25, -0.2) is 0 Å². The van der Waals surface area contributed by atoms with Gasteiger partial charge in [-0.2, -0.15) is 0 Å². The summed E-state index contributed by atoms with van der Waals surface area (Å²) >= 11 is 0. The molecule has 2 amide bonds. The van der Waals surface area contributed by atoms with E-state index in [4.69, 9.17) is 4.74 Å². The molecule has 0 aliphatic carbocycles. The van der Waals surface area contributed by atoms with Crippen molar-refractivity contribution in [2.45, 2.75) is 27.2 Å². The Morgan fingerprint density at radius 2 is 2.05 bits per heavy atom. The highest BCUT2D eigenvalue weighted by molar-refractivity contribution is 5.96. The molecule has 20 heavy (non-hydrogen) atoms. The lowest BCUT2D eigenvalue weighted by molar-refractivity contribution is -0.126. The Hall–Kier alpha value is -2.04. The van der Waals surface area contributed by atoms with Crippen LogP contribution in [-0.2, 0) is 9.59 Å². The van der Waals surface area contributed by atoms with Gasteiger partial charge in [0.25, 0.3) is 0 Å². The van der Waals surface area contributed by atoms with Crippen molar-refractivity contribution in [1.82, 2.24) is 5.32 Å². The second-order valence-corrected chi connectivity index (χ2v) is 4.78. The smallest absolute Gasteiger partial charge is 0.243 e. The Morgan fingerprint density at radius 3 is 2.65 bits per heavy atom. The maximum atomic E-state index is 11.8. The number of carbonyl (C=O) groups is 2. The topological polar surface area (TPSA) is 67.4 Å². The van der Waals surface area contributed by atoms with E-state index in [1.54, 1.807) is 13.2 Å². The minimum Gasteiger partial charge on any atom is -0.495 e. The van der Waals surface area contributed by atoms with E-state index >= 15 is 0 Å². The van der Waals surface area contributed by atoms with Crippen LogP contribution in [0.1, 0.15) is 25.8 Å². The first-order valence-corrected chi connectivity index (χ1v) is 6.70. The number of aryl methyl sites for hydroxylation is 1. The normalized spacial score (nSPS) is 11.6. The summed E-state index contributed by atoms with van der Waals surface area (Å²) in [7, 11) is 1.55. The monoisotopic (exact) mass is 278 g/mol. The van der Waals surface area contributed by atoms with Crippen LogP contribution in [0.5, 0.6) is 5.75 Å². The summed E-state index contributed by atoms with van der Waals surface area (Å²) in [4.78, 5) is 23.4. The molecule has 1 aromatic carbocycles. The summed E-state index contributed by atoms with van der Waals surface area (Å²) in [5.74, 6) is 0.123. The van der Waals surface area contributed by atoms with Crippen molar-refractivity contribution in [2.24, 2.45) is 5.92 Å². The minimum absolute atomic E-state index is 0.0414. The average Bonchev–Trinajstić information content (AvgIpc) is 2.44. The lowest BCUT2D eigenvalue weighted by Gasteiger charge is -2.12. The van der Waals surface area contributed by atoms with Crippen LogP contribution in [0.3, 0.4) is 0 Å². The van der Waals surface area contributed by atoms with Gasteiger partial charge >= 0.3 is 0 Å². The summed E-state index contributed by atoms with van der Waals surface area (Å²) in [5, 5.41) is 5.35. The van der Waals surface area contributed by atoms with Crippen molar-refractivity contribution in [3.63, 3.8) is 0 Å². The first-order valence-electron chi connectivity index (χ1n) is 6.70. The van der Waals surface area contributed by atoms with Crippen LogP contribution in [0.2, 0.25) is 0 Å². The van der Waals surface area contributed by atoms with Crippen molar-refractivity contribution in [2.75, 3.05) is 19.0 Å². The fourth-order valence-electron chi connectivity index (χ4n) is 1.64. The molecule has 1 atom stereocenters. The summed E-state index contributed by atoms with van der Waals surface area (Å²) in [5.41, 5.74) is 1.63. The van der Waals surface area contributed by atoms with Crippen molar-refractivity contribution < 1.29 is 14.3 Å². The SMILES string of the molecule is CC[C@@H](C)C(=O)NCC(=O)Nc1cc(C)ccc1OC. The molecule has 0 bridgehead atoms. The highest BCUT2D eigenvalue weighted by Crippen LogP contribution is 2.24. The number of amides is 2. The van der Waals surface area contributed by atoms with Crippen LogP contribution >= 0.6 is 0 Å². The number of ether oxygens (including phenoxy) is 1. The van der Waals surface area contributed by atoms with Crippen LogP contribution in [0.4, 0.5) is 5.69 Å². The molecule has 0 aliphatic rings. The Kier molecular flexibility index (Phi) is 6.03. The van der Waals surface area contributed by atoms with Crippen LogP contribution in [0, 0.1) is 12.8 Å². The molecule has 0 saturated heterocycles. The summed E-state index contributed by atoms with van der Waals surface area (Å²) in [6.45, 7) is 5.65. The van der Waals surface area contributed by atoms with Crippen LogP contribution in [-0.4, -0.2) is 25.5 Å². The molecule has 0 unspecified atom stereocenters. The van der Waals surface area contributed by atoms with Gasteiger partial charge in [0.1, 0.15) is 5.75 Å². The molecule has 110 valence electrons. The van der Waals surface area contributed by atoms with E-state index in [9.17, 15) is 9.59 Å². The van der Waals surface area contributed by atoms with E-state index in [2.05, 4.69) is 10.6 Å².